The van der Waals surface area contributed by atoms with Gasteiger partial charge in [-0.3, -0.25) is 0 Å². The Morgan fingerprint density at radius 1 is 1.32 bits per heavy atom. The summed E-state index contributed by atoms with van der Waals surface area (Å²) in [5.74, 6) is -0.503. The lowest BCUT2D eigenvalue weighted by atomic mass is 9.80. The minimum absolute atomic E-state index is 0.164. The van der Waals surface area contributed by atoms with Crippen LogP contribution in [0.2, 0.25) is 0 Å². The van der Waals surface area contributed by atoms with Crippen molar-refractivity contribution in [2.24, 2.45) is 5.92 Å². The molecule has 0 bridgehead atoms. The van der Waals surface area contributed by atoms with Crippen LogP contribution >= 0.6 is 0 Å². The van der Waals surface area contributed by atoms with Crippen LogP contribution in [0.5, 0.6) is 0 Å². The Morgan fingerprint density at radius 2 is 2.00 bits per heavy atom. The lowest BCUT2D eigenvalue weighted by Gasteiger charge is -2.37. The van der Waals surface area contributed by atoms with Crippen LogP contribution in [0.25, 0.3) is 0 Å². The van der Waals surface area contributed by atoms with Gasteiger partial charge in [-0.2, -0.15) is 5.26 Å². The molecule has 0 heterocycles. The van der Waals surface area contributed by atoms with Crippen LogP contribution in [-0.4, -0.2) is 24.9 Å². The minimum Gasteiger partial charge on any atom is -0.396 e. The molecule has 1 aliphatic rings. The van der Waals surface area contributed by atoms with Crippen LogP contribution in [0, 0.1) is 17.2 Å². The summed E-state index contributed by atoms with van der Waals surface area (Å²) < 4.78 is 24.1. The summed E-state index contributed by atoms with van der Waals surface area (Å²) in [7, 11) is -3.76. The molecule has 1 fully saturated rings. The van der Waals surface area contributed by atoms with Gasteiger partial charge in [0.2, 0.25) is 0 Å². The van der Waals surface area contributed by atoms with Gasteiger partial charge in [0.15, 0.2) is 14.6 Å². The molecule has 102 valence electrons. The summed E-state index contributed by atoms with van der Waals surface area (Å²) in [5.41, 5.74) is 0. The van der Waals surface area contributed by atoms with E-state index in [-0.39, 0.29) is 11.5 Å². The maximum Gasteiger partial charge on any atom is 0.197 e. The Hall–Kier alpha value is -1.38. The second-order valence-electron chi connectivity index (χ2n) is 4.94. The molecule has 0 spiro atoms. The van der Waals surface area contributed by atoms with Crippen molar-refractivity contribution in [1.82, 2.24) is 0 Å². The zero-order valence-corrected chi connectivity index (χ0v) is 11.4. The first-order valence-corrected chi connectivity index (χ1v) is 7.88. The van der Waals surface area contributed by atoms with E-state index in [2.05, 4.69) is 0 Å². The Balaban J connectivity index is 2.55. The molecule has 1 N–H and O–H groups in total. The summed E-state index contributed by atoms with van der Waals surface area (Å²) in [5, 5.41) is 19.0. The highest BCUT2D eigenvalue weighted by Crippen LogP contribution is 2.42. The van der Waals surface area contributed by atoms with E-state index in [0.29, 0.717) is 19.3 Å². The fourth-order valence-corrected chi connectivity index (χ4v) is 4.93. The molecular weight excluding hydrogens is 262 g/mol. The maximum atomic E-state index is 12.8. The fraction of sp³-hybridized carbons (Fsp3) is 0.500. The third-order valence-electron chi connectivity index (χ3n) is 3.95. The van der Waals surface area contributed by atoms with Crippen molar-refractivity contribution in [3.8, 4) is 6.07 Å². The Labute approximate surface area is 113 Å². The molecule has 2 rings (SSSR count). The molecule has 2 unspecified atom stereocenters. The number of nitriles is 1. The van der Waals surface area contributed by atoms with Gasteiger partial charge in [0.1, 0.15) is 0 Å². The number of nitrogens with zero attached hydrogens (tertiary/aromatic N) is 1. The summed E-state index contributed by atoms with van der Waals surface area (Å²) in [4.78, 5) is 0.164. The van der Waals surface area contributed by atoms with Gasteiger partial charge in [-0.25, -0.2) is 8.42 Å². The Morgan fingerprint density at radius 3 is 2.58 bits per heavy atom. The average molecular weight is 279 g/mol. The van der Waals surface area contributed by atoms with E-state index in [1.165, 1.54) is 12.1 Å². The van der Waals surface area contributed by atoms with Gasteiger partial charge >= 0.3 is 0 Å². The zero-order valence-electron chi connectivity index (χ0n) is 10.6. The predicted octanol–water partition coefficient (Wildman–Crippen LogP) is 1.91. The number of aliphatic hydroxyl groups excluding tert-OH is 1. The lowest BCUT2D eigenvalue weighted by molar-refractivity contribution is 0.170. The normalized spacial score (nSPS) is 27.7. The van der Waals surface area contributed by atoms with Crippen LogP contribution in [0.3, 0.4) is 0 Å². The van der Waals surface area contributed by atoms with Gasteiger partial charge in [0.05, 0.1) is 11.0 Å². The van der Waals surface area contributed by atoms with E-state index in [4.69, 9.17) is 0 Å². The quantitative estimate of drug-likeness (QED) is 0.916. The molecular formula is C14H17NO3S. The van der Waals surface area contributed by atoms with Crippen LogP contribution < -0.4 is 0 Å². The molecule has 0 saturated heterocycles. The van der Waals surface area contributed by atoms with Gasteiger partial charge in [-0.1, -0.05) is 31.0 Å². The predicted molar refractivity (Wildman–Crippen MR) is 71.0 cm³/mol. The molecule has 19 heavy (non-hydrogen) atoms. The van der Waals surface area contributed by atoms with E-state index >= 15 is 0 Å². The molecule has 0 amide bonds. The molecule has 0 aromatic heterocycles. The van der Waals surface area contributed by atoms with Gasteiger partial charge in [-0.05, 0) is 25.0 Å². The van der Waals surface area contributed by atoms with Crippen molar-refractivity contribution in [1.29, 1.82) is 5.26 Å². The second kappa shape index (κ2) is 5.32. The molecule has 0 radical (unpaired) electrons. The Bertz CT molecular complexity index is 576. The first-order chi connectivity index (χ1) is 9.08. The molecule has 5 heteroatoms. The standard InChI is InChI=1S/C14H17NO3S/c15-11-14(9-5-4-6-12(14)10-16)19(17,18)13-7-2-1-3-8-13/h1-3,7-8,12,16H,4-6,9-10H2. The fourth-order valence-electron chi connectivity index (χ4n) is 2.83. The molecule has 1 aromatic rings. The van der Waals surface area contributed by atoms with Crippen molar-refractivity contribution < 1.29 is 13.5 Å². The number of aliphatic hydroxyl groups is 1. The molecule has 2 atom stereocenters. The summed E-state index contributed by atoms with van der Waals surface area (Å²) in [6.45, 7) is -0.264. The lowest BCUT2D eigenvalue weighted by Crippen LogP contribution is -2.48. The van der Waals surface area contributed by atoms with E-state index < -0.39 is 20.5 Å². The molecule has 1 aromatic carbocycles. The van der Waals surface area contributed by atoms with Crippen LogP contribution in [0.15, 0.2) is 35.2 Å². The summed E-state index contributed by atoms with van der Waals surface area (Å²) >= 11 is 0. The third-order valence-corrected chi connectivity index (χ3v) is 6.43. The van der Waals surface area contributed by atoms with Crippen LogP contribution in [0.1, 0.15) is 25.7 Å². The maximum absolute atomic E-state index is 12.8. The Kier molecular flexibility index (Phi) is 3.93. The van der Waals surface area contributed by atoms with Crippen LogP contribution in [0.4, 0.5) is 0 Å². The smallest absolute Gasteiger partial charge is 0.197 e. The highest BCUT2D eigenvalue weighted by Gasteiger charge is 2.52. The van der Waals surface area contributed by atoms with Gasteiger partial charge in [0, 0.05) is 12.5 Å². The highest BCUT2D eigenvalue weighted by molar-refractivity contribution is 7.93. The van der Waals surface area contributed by atoms with E-state index in [1.54, 1.807) is 18.2 Å². The first-order valence-electron chi connectivity index (χ1n) is 6.40. The van der Waals surface area contributed by atoms with Gasteiger partial charge in [-0.15, -0.1) is 0 Å². The van der Waals surface area contributed by atoms with E-state index in [9.17, 15) is 18.8 Å². The zero-order chi connectivity index (χ0) is 13.9. The molecule has 1 aliphatic carbocycles. The number of hydrogen-bond donors (Lipinski definition) is 1. The van der Waals surface area contributed by atoms with E-state index in [1.807, 2.05) is 6.07 Å². The summed E-state index contributed by atoms with van der Waals surface area (Å²) in [6, 6.07) is 10.1. The average Bonchev–Trinajstić information content (AvgIpc) is 2.47. The van der Waals surface area contributed by atoms with Crippen molar-refractivity contribution in [2.45, 2.75) is 35.3 Å². The number of sulfone groups is 1. The van der Waals surface area contributed by atoms with Crippen molar-refractivity contribution in [3.05, 3.63) is 30.3 Å². The largest absolute Gasteiger partial charge is 0.396 e. The monoisotopic (exact) mass is 279 g/mol. The topological polar surface area (TPSA) is 78.2 Å². The number of hydrogen-bond acceptors (Lipinski definition) is 4. The van der Waals surface area contributed by atoms with Gasteiger partial charge < -0.3 is 5.11 Å². The van der Waals surface area contributed by atoms with Crippen molar-refractivity contribution >= 4 is 9.84 Å². The second-order valence-corrected chi connectivity index (χ2v) is 7.15. The minimum atomic E-state index is -3.76. The van der Waals surface area contributed by atoms with Crippen LogP contribution in [-0.2, 0) is 9.84 Å². The first kappa shape index (κ1) is 14.0. The number of rotatable bonds is 3. The highest BCUT2D eigenvalue weighted by atomic mass is 32.2. The SMILES string of the molecule is N#CC1(S(=O)(=O)c2ccccc2)CCCCC1CO. The van der Waals surface area contributed by atoms with Gasteiger partial charge in [0.25, 0.3) is 0 Å². The summed E-state index contributed by atoms with van der Waals surface area (Å²) in [6.07, 6.45) is 2.44. The third kappa shape index (κ3) is 2.15. The molecule has 4 nitrogen and oxygen atoms in total. The molecule has 0 aliphatic heterocycles. The van der Waals surface area contributed by atoms with Crippen molar-refractivity contribution in [2.75, 3.05) is 6.61 Å². The van der Waals surface area contributed by atoms with E-state index in [0.717, 1.165) is 6.42 Å². The number of benzene rings is 1. The van der Waals surface area contributed by atoms with Crippen molar-refractivity contribution in [3.63, 3.8) is 0 Å². The molecule has 1 saturated carbocycles.